The van der Waals surface area contributed by atoms with Gasteiger partial charge in [-0.25, -0.2) is 13.9 Å². The molecule has 148 valence electrons. The van der Waals surface area contributed by atoms with E-state index in [-0.39, 0.29) is 5.82 Å². The van der Waals surface area contributed by atoms with Crippen LogP contribution in [-0.2, 0) is 13.0 Å². The number of carbonyl (C=O) groups is 1. The summed E-state index contributed by atoms with van der Waals surface area (Å²) in [4.78, 5) is 13.7. The van der Waals surface area contributed by atoms with Crippen molar-refractivity contribution < 1.29 is 14.3 Å². The Morgan fingerprint density at radius 1 is 1.21 bits per heavy atom. The second kappa shape index (κ2) is 7.20. The van der Waals surface area contributed by atoms with E-state index < -0.39 is 11.6 Å². The Hall–Kier alpha value is -3.41. The molecule has 0 saturated carbocycles. The van der Waals surface area contributed by atoms with Crippen LogP contribution in [-0.4, -0.2) is 31.4 Å². The Morgan fingerprint density at radius 3 is 2.55 bits per heavy atom. The van der Waals surface area contributed by atoms with E-state index in [1.165, 1.54) is 17.0 Å². The summed E-state index contributed by atoms with van der Waals surface area (Å²) in [5.74, 6) is -0.299. The molecule has 3 aromatic rings. The number of carboxylic acid groups (broad SMARTS) is 1. The molecule has 0 radical (unpaired) electrons. The van der Waals surface area contributed by atoms with Crippen molar-refractivity contribution in [2.75, 3.05) is 0 Å². The Morgan fingerprint density at radius 2 is 1.90 bits per heavy atom. The standard InChI is InChI=1S/C23H22FN3O2/c1-16-12-21-18(14-25-27(21)20-10-8-19(24)9-11-20)13-23(16,2)26(22(28)29)15-17-6-4-3-5-7-17/h3-12,14H,13,15H2,1-2H3,(H,28,29)/t23-/m0/s1. The molecule has 5 nitrogen and oxygen atoms in total. The first-order chi connectivity index (χ1) is 13.9. The molecule has 1 aromatic heterocycles. The topological polar surface area (TPSA) is 58.4 Å². The quantitative estimate of drug-likeness (QED) is 0.687. The van der Waals surface area contributed by atoms with Gasteiger partial charge in [-0.15, -0.1) is 0 Å². The molecule has 0 aliphatic heterocycles. The van der Waals surface area contributed by atoms with Gasteiger partial charge in [0.05, 0.1) is 23.1 Å². The Kier molecular flexibility index (Phi) is 4.70. The molecule has 1 aliphatic rings. The lowest BCUT2D eigenvalue weighted by molar-refractivity contribution is 0.0943. The van der Waals surface area contributed by atoms with Crippen LogP contribution in [0.5, 0.6) is 0 Å². The van der Waals surface area contributed by atoms with Crippen LogP contribution in [0.4, 0.5) is 9.18 Å². The lowest BCUT2D eigenvalue weighted by Crippen LogP contribution is -2.52. The molecule has 0 spiro atoms. The smallest absolute Gasteiger partial charge is 0.408 e. The van der Waals surface area contributed by atoms with Crippen LogP contribution in [0.3, 0.4) is 0 Å². The van der Waals surface area contributed by atoms with E-state index in [0.29, 0.717) is 13.0 Å². The van der Waals surface area contributed by atoms with Crippen molar-refractivity contribution in [1.82, 2.24) is 14.7 Å². The highest BCUT2D eigenvalue weighted by atomic mass is 19.1. The highest BCUT2D eigenvalue weighted by Gasteiger charge is 2.40. The molecular weight excluding hydrogens is 369 g/mol. The molecule has 1 N–H and O–H groups in total. The number of halogens is 1. The number of amides is 1. The molecule has 29 heavy (non-hydrogen) atoms. The predicted molar refractivity (Wildman–Crippen MR) is 109 cm³/mol. The molecular formula is C23H22FN3O2. The summed E-state index contributed by atoms with van der Waals surface area (Å²) in [7, 11) is 0. The molecule has 1 atom stereocenters. The van der Waals surface area contributed by atoms with Crippen molar-refractivity contribution in [3.63, 3.8) is 0 Å². The molecule has 1 aliphatic carbocycles. The van der Waals surface area contributed by atoms with Crippen LogP contribution < -0.4 is 0 Å². The van der Waals surface area contributed by atoms with Gasteiger partial charge in [-0.1, -0.05) is 30.3 Å². The van der Waals surface area contributed by atoms with Gasteiger partial charge in [-0.3, -0.25) is 4.90 Å². The van der Waals surface area contributed by atoms with Gasteiger partial charge in [-0.2, -0.15) is 5.10 Å². The molecule has 0 unspecified atom stereocenters. The number of nitrogens with zero attached hydrogens (tertiary/aromatic N) is 3. The summed E-state index contributed by atoms with van der Waals surface area (Å²) >= 11 is 0. The Labute approximate surface area is 168 Å². The first-order valence-electron chi connectivity index (χ1n) is 9.44. The van der Waals surface area contributed by atoms with E-state index in [0.717, 1.165) is 28.1 Å². The van der Waals surface area contributed by atoms with Crippen LogP contribution >= 0.6 is 0 Å². The van der Waals surface area contributed by atoms with Gasteiger partial charge in [0.2, 0.25) is 0 Å². The highest BCUT2D eigenvalue weighted by molar-refractivity contribution is 5.70. The fraction of sp³-hybridized carbons (Fsp3) is 0.217. The first-order valence-corrected chi connectivity index (χ1v) is 9.44. The van der Waals surface area contributed by atoms with Crippen molar-refractivity contribution in [2.45, 2.75) is 32.4 Å². The van der Waals surface area contributed by atoms with Gasteiger partial charge in [0, 0.05) is 18.5 Å². The van der Waals surface area contributed by atoms with E-state index in [1.54, 1.807) is 23.0 Å². The summed E-state index contributed by atoms with van der Waals surface area (Å²) in [5.41, 5.74) is 3.81. The van der Waals surface area contributed by atoms with Crippen LogP contribution in [0.25, 0.3) is 11.8 Å². The fourth-order valence-electron chi connectivity index (χ4n) is 3.87. The molecule has 1 amide bonds. The molecule has 6 heteroatoms. The minimum Gasteiger partial charge on any atom is -0.465 e. The predicted octanol–water partition coefficient (Wildman–Crippen LogP) is 4.91. The summed E-state index contributed by atoms with van der Waals surface area (Å²) in [6, 6.07) is 15.8. The van der Waals surface area contributed by atoms with Crippen LogP contribution in [0, 0.1) is 5.82 Å². The van der Waals surface area contributed by atoms with Crippen molar-refractivity contribution in [3.8, 4) is 5.69 Å². The van der Waals surface area contributed by atoms with E-state index in [2.05, 4.69) is 5.10 Å². The SMILES string of the molecule is CC1=Cc2c(cnn2-c2ccc(F)cc2)C[C@]1(C)N(Cc1ccccc1)C(=O)O. The third kappa shape index (κ3) is 3.42. The van der Waals surface area contributed by atoms with Crippen molar-refractivity contribution in [3.05, 3.63) is 89.0 Å². The van der Waals surface area contributed by atoms with E-state index >= 15 is 0 Å². The molecule has 0 fully saturated rings. The summed E-state index contributed by atoms with van der Waals surface area (Å²) in [5, 5.41) is 14.4. The maximum absolute atomic E-state index is 13.3. The molecule has 1 heterocycles. The number of hydrogen-bond acceptors (Lipinski definition) is 2. The number of benzene rings is 2. The first kappa shape index (κ1) is 18.9. The van der Waals surface area contributed by atoms with Crippen molar-refractivity contribution >= 4 is 12.2 Å². The second-order valence-corrected chi connectivity index (χ2v) is 7.58. The third-order valence-corrected chi connectivity index (χ3v) is 5.71. The number of hydrogen-bond donors (Lipinski definition) is 1. The van der Waals surface area contributed by atoms with Crippen LogP contribution in [0.1, 0.15) is 30.7 Å². The molecule has 0 bridgehead atoms. The Balaban J connectivity index is 1.70. The van der Waals surface area contributed by atoms with Gasteiger partial charge in [0.1, 0.15) is 5.82 Å². The summed E-state index contributed by atoms with van der Waals surface area (Å²) in [6.45, 7) is 4.21. The number of rotatable bonds is 4. The average molecular weight is 391 g/mol. The van der Waals surface area contributed by atoms with Crippen molar-refractivity contribution in [2.24, 2.45) is 0 Å². The van der Waals surface area contributed by atoms with Crippen molar-refractivity contribution in [1.29, 1.82) is 0 Å². The van der Waals surface area contributed by atoms with E-state index in [1.807, 2.05) is 50.3 Å². The largest absolute Gasteiger partial charge is 0.465 e. The fourth-order valence-corrected chi connectivity index (χ4v) is 3.87. The zero-order valence-corrected chi connectivity index (χ0v) is 16.3. The van der Waals surface area contributed by atoms with Gasteiger partial charge < -0.3 is 5.11 Å². The average Bonchev–Trinajstić information content (AvgIpc) is 3.10. The lowest BCUT2D eigenvalue weighted by atomic mass is 9.80. The minimum absolute atomic E-state index is 0.299. The zero-order valence-electron chi connectivity index (χ0n) is 16.3. The number of aromatic nitrogens is 2. The monoisotopic (exact) mass is 391 g/mol. The summed E-state index contributed by atoms with van der Waals surface area (Å²) < 4.78 is 15.0. The molecule has 2 aromatic carbocycles. The van der Waals surface area contributed by atoms with Gasteiger partial charge in [-0.05, 0) is 55.3 Å². The zero-order chi connectivity index (χ0) is 20.6. The van der Waals surface area contributed by atoms with Gasteiger partial charge in [0.25, 0.3) is 0 Å². The second-order valence-electron chi connectivity index (χ2n) is 7.58. The van der Waals surface area contributed by atoms with E-state index in [9.17, 15) is 14.3 Å². The van der Waals surface area contributed by atoms with Gasteiger partial charge in [0.15, 0.2) is 0 Å². The summed E-state index contributed by atoms with van der Waals surface area (Å²) in [6.07, 6.45) is 3.31. The number of fused-ring (bicyclic) bond motifs is 1. The van der Waals surface area contributed by atoms with E-state index in [4.69, 9.17) is 0 Å². The molecule has 0 saturated heterocycles. The van der Waals surface area contributed by atoms with Gasteiger partial charge >= 0.3 is 6.09 Å². The third-order valence-electron chi connectivity index (χ3n) is 5.71. The van der Waals surface area contributed by atoms with Crippen LogP contribution in [0.2, 0.25) is 0 Å². The Bertz CT molecular complexity index is 1070. The maximum atomic E-state index is 13.3. The minimum atomic E-state index is -0.960. The maximum Gasteiger partial charge on any atom is 0.408 e. The molecule has 4 rings (SSSR count). The van der Waals surface area contributed by atoms with Crippen LogP contribution in [0.15, 0.2) is 66.4 Å². The normalized spacial score (nSPS) is 18.1. The highest BCUT2D eigenvalue weighted by Crippen LogP contribution is 2.37. The lowest BCUT2D eigenvalue weighted by Gasteiger charge is -2.42.